The van der Waals surface area contributed by atoms with E-state index in [0.717, 1.165) is 12.1 Å². The van der Waals surface area contributed by atoms with Crippen LogP contribution in [0, 0.1) is 0 Å². The Hall–Kier alpha value is -4.83. The Balaban J connectivity index is 1.69. The topological polar surface area (TPSA) is 111 Å². The van der Waals surface area contributed by atoms with Crippen LogP contribution in [0.15, 0.2) is 96.0 Å². The first-order chi connectivity index (χ1) is 21.1. The summed E-state index contributed by atoms with van der Waals surface area (Å²) in [5.74, 6) is -3.92. The number of hydroxylamine groups is 3. The summed E-state index contributed by atoms with van der Waals surface area (Å²) >= 11 is 0. The van der Waals surface area contributed by atoms with Gasteiger partial charge in [0.25, 0.3) is 9.84 Å². The van der Waals surface area contributed by atoms with Gasteiger partial charge in [-0.25, -0.2) is 18.0 Å². The lowest BCUT2D eigenvalue weighted by Gasteiger charge is -2.31. The molecule has 0 aliphatic carbocycles. The van der Waals surface area contributed by atoms with Crippen LogP contribution in [-0.4, -0.2) is 53.7 Å². The number of carbonyl (C=O) groups excluding carboxylic acids is 3. The third-order valence-electron chi connectivity index (χ3n) is 7.13. The highest BCUT2D eigenvalue weighted by Crippen LogP contribution is 2.39. The second-order valence-electron chi connectivity index (χ2n) is 9.92. The first-order valence-electron chi connectivity index (χ1n) is 12.9. The van der Waals surface area contributed by atoms with Crippen LogP contribution < -0.4 is 4.90 Å². The molecule has 234 valence electrons. The molecule has 1 fully saturated rings. The van der Waals surface area contributed by atoms with E-state index in [1.54, 1.807) is 42.5 Å². The Labute approximate surface area is 250 Å². The third kappa shape index (κ3) is 5.73. The van der Waals surface area contributed by atoms with Gasteiger partial charge in [0.05, 0.1) is 16.1 Å². The second kappa shape index (κ2) is 11.3. The van der Waals surface area contributed by atoms with Crippen molar-refractivity contribution >= 4 is 44.3 Å². The maximum atomic E-state index is 14.2. The molecule has 1 aliphatic heterocycles. The van der Waals surface area contributed by atoms with Gasteiger partial charge in [-0.05, 0) is 46.6 Å². The summed E-state index contributed by atoms with van der Waals surface area (Å²) in [7, 11) is -5.80. The van der Waals surface area contributed by atoms with Gasteiger partial charge < -0.3 is 0 Å². The van der Waals surface area contributed by atoms with Gasteiger partial charge in [-0.15, -0.1) is 0 Å². The van der Waals surface area contributed by atoms with E-state index in [4.69, 9.17) is 4.84 Å². The summed E-state index contributed by atoms with van der Waals surface area (Å²) in [5.41, 5.74) is -5.18. The number of urea groups is 1. The Morgan fingerprint density at radius 3 is 2.11 bits per heavy atom. The van der Waals surface area contributed by atoms with Crippen molar-refractivity contribution in [2.75, 3.05) is 4.90 Å². The predicted octanol–water partition coefficient (Wildman–Crippen LogP) is 5.64. The van der Waals surface area contributed by atoms with E-state index in [9.17, 15) is 49.1 Å². The lowest BCUT2D eigenvalue weighted by molar-refractivity contribution is -1.04. The molecular formula is C29H20F6N3O6S+. The smallest absolute Gasteiger partial charge is 0.267 e. The highest BCUT2D eigenvalue weighted by atomic mass is 32.2. The molecule has 1 aliphatic rings. The number of aromatic nitrogens is 1. The summed E-state index contributed by atoms with van der Waals surface area (Å²) in [5, 5.41) is 0.374. The molecule has 2 atom stereocenters. The van der Waals surface area contributed by atoms with Crippen molar-refractivity contribution in [2.24, 2.45) is 0 Å². The van der Waals surface area contributed by atoms with Gasteiger partial charge in [-0.1, -0.05) is 48.5 Å². The molecule has 1 aromatic heterocycles. The largest absolute Gasteiger partial charge is 0.501 e. The van der Waals surface area contributed by atoms with Crippen molar-refractivity contribution in [1.29, 1.82) is 0 Å². The van der Waals surface area contributed by atoms with Crippen LogP contribution >= 0.6 is 0 Å². The van der Waals surface area contributed by atoms with Crippen LogP contribution in [0.3, 0.4) is 0 Å². The molecule has 0 spiro atoms. The lowest BCUT2D eigenvalue weighted by Crippen LogP contribution is -2.58. The molecule has 0 N–H and O–H groups in total. The number of anilines is 1. The predicted molar refractivity (Wildman–Crippen MR) is 144 cm³/mol. The Kier molecular flexibility index (Phi) is 7.91. The number of pyridine rings is 1. The number of rotatable bonds is 7. The first-order valence-corrected chi connectivity index (χ1v) is 14.4. The van der Waals surface area contributed by atoms with Crippen LogP contribution in [0.5, 0.6) is 0 Å². The van der Waals surface area contributed by atoms with Gasteiger partial charge in [0.15, 0.2) is 6.54 Å². The maximum Gasteiger partial charge on any atom is 0.501 e. The molecule has 16 heteroatoms. The Bertz CT molecular complexity index is 1890. The van der Waals surface area contributed by atoms with E-state index in [2.05, 4.69) is 4.98 Å². The Morgan fingerprint density at radius 2 is 1.49 bits per heavy atom. The van der Waals surface area contributed by atoms with Crippen LogP contribution in [0.2, 0.25) is 0 Å². The molecule has 45 heavy (non-hydrogen) atoms. The van der Waals surface area contributed by atoms with E-state index in [1.165, 1.54) is 24.4 Å². The zero-order chi connectivity index (χ0) is 32.8. The number of hydrogen-bond donors (Lipinski definition) is 0. The maximum absolute atomic E-state index is 14.2. The third-order valence-corrected chi connectivity index (χ3v) is 8.63. The number of para-hydroxylation sites is 1. The van der Waals surface area contributed by atoms with Crippen molar-refractivity contribution in [3.8, 4) is 0 Å². The van der Waals surface area contributed by atoms with Crippen molar-refractivity contribution in [3.05, 3.63) is 102 Å². The van der Waals surface area contributed by atoms with Crippen LogP contribution in [0.1, 0.15) is 11.1 Å². The van der Waals surface area contributed by atoms with Gasteiger partial charge in [0.2, 0.25) is 6.04 Å². The number of hydrogen-bond acceptors (Lipinski definition) is 7. The number of quaternary nitrogens is 1. The fourth-order valence-electron chi connectivity index (χ4n) is 5.00. The zero-order valence-electron chi connectivity index (χ0n) is 22.6. The highest BCUT2D eigenvalue weighted by Gasteiger charge is 2.67. The highest BCUT2D eigenvalue weighted by molar-refractivity contribution is 7.92. The molecule has 0 bridgehead atoms. The van der Waals surface area contributed by atoms with Crippen molar-refractivity contribution < 1.29 is 58.6 Å². The van der Waals surface area contributed by atoms with Crippen LogP contribution in [-0.2, 0) is 37.2 Å². The first kappa shape index (κ1) is 31.6. The number of fused-ring (bicyclic) bond motifs is 1. The van der Waals surface area contributed by atoms with E-state index in [1.807, 2.05) is 0 Å². The number of imide groups is 1. The molecule has 2 unspecified atom stereocenters. The van der Waals surface area contributed by atoms with Crippen molar-refractivity contribution in [2.45, 2.75) is 35.6 Å². The fraction of sp³-hybridized carbons (Fsp3) is 0.172. The standard InChI is InChI=1S/C29H20F6N3O6S/c30-28(31,32)26(40)44-38(17-19-14-15-36-23-9-5-4-8-22(19)23)24(16-18-6-2-1-3-7-18)25(39)37(27(38)41)20-10-12-21(13-11-20)45(42,43)29(33,34)35/h1-15,24H,16-17H2/q+1. The summed E-state index contributed by atoms with van der Waals surface area (Å²) in [6, 6.07) is 14.8. The van der Waals surface area contributed by atoms with E-state index in [0.29, 0.717) is 33.5 Å². The zero-order valence-corrected chi connectivity index (χ0v) is 23.4. The number of nitrogens with zero attached hydrogens (tertiary/aromatic N) is 3. The Morgan fingerprint density at radius 1 is 0.867 bits per heavy atom. The van der Waals surface area contributed by atoms with E-state index < -0.39 is 73.7 Å². The summed E-state index contributed by atoms with van der Waals surface area (Å²) in [6.45, 7) is -0.774. The quantitative estimate of drug-likeness (QED) is 0.144. The number of benzene rings is 3. The van der Waals surface area contributed by atoms with Gasteiger partial charge in [-0.2, -0.15) is 31.2 Å². The average molecular weight is 653 g/mol. The molecule has 4 aromatic rings. The van der Waals surface area contributed by atoms with E-state index in [-0.39, 0.29) is 5.56 Å². The SMILES string of the molecule is O=C1C(Cc2ccccc2)[N+](Cc2ccnc3ccccc23)(OC(=O)C(F)(F)F)C(=O)N1c1ccc(S(=O)(=O)C(F)(F)F)cc1. The number of alkyl halides is 6. The lowest BCUT2D eigenvalue weighted by atomic mass is 10.0. The monoisotopic (exact) mass is 652 g/mol. The fourth-order valence-corrected chi connectivity index (χ4v) is 5.76. The molecular weight excluding hydrogens is 632 g/mol. The van der Waals surface area contributed by atoms with Gasteiger partial charge >= 0.3 is 29.6 Å². The van der Waals surface area contributed by atoms with Crippen molar-refractivity contribution in [3.63, 3.8) is 0 Å². The second-order valence-corrected chi connectivity index (χ2v) is 11.9. The molecule has 3 aromatic carbocycles. The number of carbonyl (C=O) groups is 3. The summed E-state index contributed by atoms with van der Waals surface area (Å²) < 4.78 is 102. The van der Waals surface area contributed by atoms with Crippen LogP contribution in [0.4, 0.5) is 36.8 Å². The number of amides is 3. The summed E-state index contributed by atoms with van der Waals surface area (Å²) in [4.78, 5) is 48.9. The molecule has 1 saturated heterocycles. The number of halogens is 6. The molecule has 5 rings (SSSR count). The van der Waals surface area contributed by atoms with Gasteiger partial charge in [0, 0.05) is 23.6 Å². The average Bonchev–Trinajstić information content (AvgIpc) is 3.17. The molecule has 3 amide bonds. The number of sulfone groups is 1. The van der Waals surface area contributed by atoms with Crippen LogP contribution in [0.25, 0.3) is 10.9 Å². The molecule has 0 saturated carbocycles. The van der Waals surface area contributed by atoms with Gasteiger partial charge in [0.1, 0.15) is 0 Å². The minimum atomic E-state index is -5.80. The van der Waals surface area contributed by atoms with Crippen molar-refractivity contribution in [1.82, 2.24) is 4.98 Å². The minimum absolute atomic E-state index is 0.184. The van der Waals surface area contributed by atoms with E-state index >= 15 is 0 Å². The summed E-state index contributed by atoms with van der Waals surface area (Å²) in [6.07, 6.45) is -4.68. The molecule has 2 heterocycles. The normalized spacial score (nSPS) is 19.2. The minimum Gasteiger partial charge on any atom is -0.267 e. The molecule has 0 radical (unpaired) electrons. The molecule has 9 nitrogen and oxygen atoms in total. The van der Waals surface area contributed by atoms with Gasteiger partial charge in [-0.3, -0.25) is 14.6 Å².